The van der Waals surface area contributed by atoms with Crippen molar-refractivity contribution < 1.29 is 24.1 Å². The number of hydrogen-bond donors (Lipinski definition) is 1. The molecule has 0 aliphatic carbocycles. The summed E-state index contributed by atoms with van der Waals surface area (Å²) in [7, 11) is 0. The molecule has 1 aromatic carbocycles. The number of amidine groups is 1. The fraction of sp³-hybridized carbons (Fsp3) is 0.353. The van der Waals surface area contributed by atoms with Crippen LogP contribution in [0.5, 0.6) is 0 Å². The lowest BCUT2D eigenvalue weighted by molar-refractivity contribution is -0.385. The van der Waals surface area contributed by atoms with Crippen molar-refractivity contribution in [1.82, 2.24) is 10.2 Å². The summed E-state index contributed by atoms with van der Waals surface area (Å²) in [5.41, 5.74) is -0.561. The average molecular weight is 404 g/mol. The molecule has 0 radical (unpaired) electrons. The molecule has 0 saturated carbocycles. The van der Waals surface area contributed by atoms with E-state index in [4.69, 9.17) is 0 Å². The smallest absolute Gasteiger partial charge is 0.282 e. The fourth-order valence-corrected chi connectivity index (χ4v) is 3.70. The second-order valence-corrected chi connectivity index (χ2v) is 7.57. The van der Waals surface area contributed by atoms with E-state index in [1.54, 1.807) is 6.92 Å². The average Bonchev–Trinajstić information content (AvgIpc) is 3.08. The minimum Gasteiger partial charge on any atom is -0.305 e. The lowest BCUT2D eigenvalue weighted by Crippen LogP contribution is -2.31. The van der Waals surface area contributed by atoms with Crippen molar-refractivity contribution in [2.24, 2.45) is 4.99 Å². The first-order valence-corrected chi connectivity index (χ1v) is 9.40. The molecule has 0 spiro atoms. The molecule has 0 aromatic heterocycles. The van der Waals surface area contributed by atoms with Gasteiger partial charge in [-0.25, -0.2) is 0 Å². The predicted octanol–water partition coefficient (Wildman–Crippen LogP) is 1.50. The summed E-state index contributed by atoms with van der Waals surface area (Å²) < 4.78 is 0. The van der Waals surface area contributed by atoms with Crippen molar-refractivity contribution in [2.45, 2.75) is 31.4 Å². The van der Waals surface area contributed by atoms with Crippen LogP contribution >= 0.6 is 11.8 Å². The number of benzene rings is 1. The summed E-state index contributed by atoms with van der Waals surface area (Å²) in [4.78, 5) is 63.1. The highest BCUT2D eigenvalue weighted by molar-refractivity contribution is 8.15. The highest BCUT2D eigenvalue weighted by Gasteiger charge is 2.40. The Balaban J connectivity index is 1.51. The molecule has 28 heavy (non-hydrogen) atoms. The van der Waals surface area contributed by atoms with E-state index < -0.39 is 22.4 Å². The molecule has 10 nitrogen and oxygen atoms in total. The Morgan fingerprint density at radius 2 is 2.04 bits per heavy atom. The minimum absolute atomic E-state index is 0.0204. The number of thioether (sulfide) groups is 1. The molecule has 0 bridgehead atoms. The van der Waals surface area contributed by atoms with Crippen LogP contribution in [0.2, 0.25) is 0 Å². The second kappa shape index (κ2) is 7.89. The molecule has 2 aliphatic heterocycles. The number of fused-ring (bicyclic) bond motifs is 1. The Labute approximate surface area is 163 Å². The van der Waals surface area contributed by atoms with E-state index in [9.17, 15) is 29.3 Å². The number of nitrogens with one attached hydrogen (secondary N) is 1. The lowest BCUT2D eigenvalue weighted by Gasteiger charge is -2.13. The maximum Gasteiger partial charge on any atom is 0.282 e. The Hall–Kier alpha value is -3.08. The van der Waals surface area contributed by atoms with E-state index in [1.165, 1.54) is 30.0 Å². The number of unbranched alkanes of at least 4 members (excludes halogenated alkanes) is 1. The van der Waals surface area contributed by atoms with Crippen molar-refractivity contribution in [3.63, 3.8) is 0 Å². The van der Waals surface area contributed by atoms with Gasteiger partial charge in [-0.15, -0.1) is 0 Å². The van der Waals surface area contributed by atoms with Gasteiger partial charge in [-0.05, 0) is 25.8 Å². The van der Waals surface area contributed by atoms with Gasteiger partial charge < -0.3 is 5.32 Å². The Bertz CT molecular complexity index is 928. The van der Waals surface area contributed by atoms with Crippen LogP contribution in [0.25, 0.3) is 0 Å². The summed E-state index contributed by atoms with van der Waals surface area (Å²) in [6, 6.07) is 3.94. The first kappa shape index (κ1) is 19.7. The van der Waals surface area contributed by atoms with Crippen molar-refractivity contribution in [3.8, 4) is 0 Å². The van der Waals surface area contributed by atoms with Crippen molar-refractivity contribution in [2.75, 3.05) is 6.54 Å². The van der Waals surface area contributed by atoms with Gasteiger partial charge >= 0.3 is 0 Å². The predicted molar refractivity (Wildman–Crippen MR) is 100.0 cm³/mol. The summed E-state index contributed by atoms with van der Waals surface area (Å²) in [5, 5.41) is 13.6. The third-order valence-corrected chi connectivity index (χ3v) is 5.28. The molecule has 1 unspecified atom stereocenters. The number of carbonyl (C=O) groups is 4. The van der Waals surface area contributed by atoms with Crippen molar-refractivity contribution >= 4 is 46.2 Å². The SMILES string of the molecule is CC1SC(NC(=O)CCCCN2C(=O)c3cccc([N+](=O)[O-])c3C2=O)=NC1=O. The summed E-state index contributed by atoms with van der Waals surface area (Å²) in [6.45, 7) is 1.75. The van der Waals surface area contributed by atoms with Gasteiger partial charge in [0, 0.05) is 19.0 Å². The van der Waals surface area contributed by atoms with Crippen LogP contribution < -0.4 is 5.32 Å². The van der Waals surface area contributed by atoms with E-state index in [-0.39, 0.29) is 46.3 Å². The number of rotatable bonds is 6. The van der Waals surface area contributed by atoms with Gasteiger partial charge in [0.25, 0.3) is 23.4 Å². The molecule has 1 N–H and O–H groups in total. The van der Waals surface area contributed by atoms with Crippen LogP contribution in [-0.2, 0) is 9.59 Å². The molecule has 1 aromatic rings. The maximum absolute atomic E-state index is 12.4. The standard InChI is InChI=1S/C17H16N4O6S/c1-9-14(23)19-17(28-9)18-12(22)7-2-3-8-20-15(24)10-5-4-6-11(21(26)27)13(10)16(20)25/h4-6,9H,2-3,7-8H2,1H3,(H,18,19,22,23). The molecular weight excluding hydrogens is 388 g/mol. The zero-order valence-electron chi connectivity index (χ0n) is 14.8. The van der Waals surface area contributed by atoms with Gasteiger partial charge in [0.05, 0.1) is 15.7 Å². The quantitative estimate of drug-likeness (QED) is 0.328. The zero-order chi connectivity index (χ0) is 20.4. The van der Waals surface area contributed by atoms with E-state index in [0.29, 0.717) is 12.8 Å². The number of aliphatic imine (C=N–C) groups is 1. The van der Waals surface area contributed by atoms with Crippen LogP contribution in [0.15, 0.2) is 23.2 Å². The van der Waals surface area contributed by atoms with Gasteiger partial charge in [-0.2, -0.15) is 4.99 Å². The first-order valence-electron chi connectivity index (χ1n) is 8.52. The molecule has 2 heterocycles. The van der Waals surface area contributed by atoms with Gasteiger partial charge in [-0.1, -0.05) is 17.8 Å². The highest BCUT2D eigenvalue weighted by Crippen LogP contribution is 2.30. The second-order valence-electron chi connectivity index (χ2n) is 6.24. The molecule has 4 amide bonds. The van der Waals surface area contributed by atoms with Gasteiger partial charge in [0.15, 0.2) is 5.17 Å². The third-order valence-electron chi connectivity index (χ3n) is 4.30. The van der Waals surface area contributed by atoms with E-state index in [2.05, 4.69) is 10.3 Å². The number of imide groups is 1. The van der Waals surface area contributed by atoms with Crippen molar-refractivity contribution in [3.05, 3.63) is 39.4 Å². The van der Waals surface area contributed by atoms with Gasteiger partial charge in [0.2, 0.25) is 5.91 Å². The maximum atomic E-state index is 12.4. The minimum atomic E-state index is -0.694. The normalized spacial score (nSPS) is 18.3. The van der Waals surface area contributed by atoms with Crippen LogP contribution in [0.4, 0.5) is 5.69 Å². The highest BCUT2D eigenvalue weighted by atomic mass is 32.2. The monoisotopic (exact) mass is 404 g/mol. The molecule has 3 rings (SSSR count). The first-order chi connectivity index (χ1) is 13.3. The number of nitro benzene ring substituents is 1. The van der Waals surface area contributed by atoms with Crippen LogP contribution in [0, 0.1) is 10.1 Å². The number of hydrogen-bond acceptors (Lipinski definition) is 7. The van der Waals surface area contributed by atoms with Crippen LogP contribution in [-0.4, -0.2) is 50.4 Å². The molecule has 0 saturated heterocycles. The number of carbonyl (C=O) groups excluding carboxylic acids is 4. The number of nitro groups is 1. The van der Waals surface area contributed by atoms with Crippen LogP contribution in [0.3, 0.4) is 0 Å². The summed E-state index contributed by atoms with van der Waals surface area (Å²) in [5.74, 6) is -1.87. The zero-order valence-corrected chi connectivity index (χ0v) is 15.7. The molecule has 1 atom stereocenters. The number of nitrogens with zero attached hydrogens (tertiary/aromatic N) is 3. The third kappa shape index (κ3) is 3.79. The molecule has 0 fully saturated rings. The summed E-state index contributed by atoms with van der Waals surface area (Å²) >= 11 is 1.17. The molecular formula is C17H16N4O6S. The van der Waals surface area contributed by atoms with Crippen LogP contribution in [0.1, 0.15) is 46.9 Å². The largest absolute Gasteiger partial charge is 0.305 e. The van der Waals surface area contributed by atoms with Crippen molar-refractivity contribution in [1.29, 1.82) is 0 Å². The van der Waals surface area contributed by atoms with E-state index in [0.717, 1.165) is 4.90 Å². The Morgan fingerprint density at radius 1 is 1.29 bits per heavy atom. The molecule has 146 valence electrons. The Kier molecular flexibility index (Phi) is 5.54. The lowest BCUT2D eigenvalue weighted by atomic mass is 10.1. The summed E-state index contributed by atoms with van der Waals surface area (Å²) in [6.07, 6.45) is 0.885. The fourth-order valence-electron chi connectivity index (χ4n) is 2.90. The molecule has 2 aliphatic rings. The Morgan fingerprint density at radius 3 is 2.68 bits per heavy atom. The number of amides is 4. The van der Waals surface area contributed by atoms with E-state index >= 15 is 0 Å². The molecule has 11 heteroatoms. The topological polar surface area (TPSA) is 139 Å². The van der Waals surface area contributed by atoms with Gasteiger partial charge in [-0.3, -0.25) is 34.2 Å². The van der Waals surface area contributed by atoms with E-state index in [1.807, 2.05) is 0 Å². The van der Waals surface area contributed by atoms with Gasteiger partial charge in [0.1, 0.15) is 5.56 Å².